The zero-order valence-corrected chi connectivity index (χ0v) is 11.2. The smallest absolute Gasteiger partial charge is 0.234 e. The molecule has 0 saturated carbocycles. The number of aryl methyl sites for hydroxylation is 1. The van der Waals surface area contributed by atoms with E-state index in [0.717, 1.165) is 6.42 Å². The third-order valence-corrected chi connectivity index (χ3v) is 3.52. The lowest BCUT2D eigenvalue weighted by atomic mass is 10.3. The number of carbonyl (C=O) groups is 1. The third kappa shape index (κ3) is 5.81. The maximum atomic E-state index is 11.4. The fourth-order valence-corrected chi connectivity index (χ4v) is 2.23. The van der Waals surface area contributed by atoms with E-state index in [2.05, 4.69) is 29.7 Å². The number of hydrogen-bond acceptors (Lipinski definition) is 4. The number of nitrogens with one attached hydrogen (secondary N) is 2. The molecule has 0 fully saturated rings. The fraction of sp³-hybridized carbons (Fsp3) is 0.583. The van der Waals surface area contributed by atoms with E-state index in [1.54, 1.807) is 18.4 Å². The first-order chi connectivity index (χ1) is 8.26. The van der Waals surface area contributed by atoms with Gasteiger partial charge in [0.05, 0.1) is 19.7 Å². The molecular weight excluding hydrogens is 236 g/mol. The Morgan fingerprint density at radius 2 is 2.18 bits per heavy atom. The van der Waals surface area contributed by atoms with Gasteiger partial charge in [-0.15, -0.1) is 11.3 Å². The molecule has 5 heteroatoms. The lowest BCUT2D eigenvalue weighted by molar-refractivity contribution is -0.120. The molecule has 17 heavy (non-hydrogen) atoms. The van der Waals surface area contributed by atoms with Crippen LogP contribution in [0.4, 0.5) is 0 Å². The summed E-state index contributed by atoms with van der Waals surface area (Å²) in [5.41, 5.74) is 0. The Labute approximate surface area is 106 Å². The highest BCUT2D eigenvalue weighted by atomic mass is 32.1. The Kier molecular flexibility index (Phi) is 6.84. The number of carbonyl (C=O) groups excluding carboxylic acids is 1. The van der Waals surface area contributed by atoms with Gasteiger partial charge < -0.3 is 15.4 Å². The number of amides is 1. The minimum Gasteiger partial charge on any atom is -0.383 e. The van der Waals surface area contributed by atoms with E-state index in [-0.39, 0.29) is 5.91 Å². The van der Waals surface area contributed by atoms with Crippen LogP contribution in [0.3, 0.4) is 0 Å². The summed E-state index contributed by atoms with van der Waals surface area (Å²) in [6.45, 7) is 4.42. The van der Waals surface area contributed by atoms with Crippen LogP contribution in [0.5, 0.6) is 0 Å². The maximum Gasteiger partial charge on any atom is 0.234 e. The summed E-state index contributed by atoms with van der Waals surface area (Å²) < 4.78 is 4.88. The fourth-order valence-electron chi connectivity index (χ4n) is 1.33. The van der Waals surface area contributed by atoms with Crippen molar-refractivity contribution in [1.82, 2.24) is 10.6 Å². The van der Waals surface area contributed by atoms with E-state index < -0.39 is 0 Å². The molecule has 1 amide bonds. The molecule has 1 rings (SSSR count). The van der Waals surface area contributed by atoms with Crippen molar-refractivity contribution in [1.29, 1.82) is 0 Å². The van der Waals surface area contributed by atoms with Crippen molar-refractivity contribution >= 4 is 17.2 Å². The monoisotopic (exact) mass is 256 g/mol. The Morgan fingerprint density at radius 3 is 2.82 bits per heavy atom. The van der Waals surface area contributed by atoms with Crippen LogP contribution < -0.4 is 10.6 Å². The third-order valence-electron chi connectivity index (χ3n) is 2.29. The van der Waals surface area contributed by atoms with Crippen molar-refractivity contribution in [3.63, 3.8) is 0 Å². The Bertz CT molecular complexity index is 339. The number of methoxy groups -OCH3 is 1. The number of ether oxygens (including phenoxy) is 1. The molecule has 1 aromatic heterocycles. The Balaban J connectivity index is 2.14. The van der Waals surface area contributed by atoms with Crippen LogP contribution >= 0.6 is 11.3 Å². The van der Waals surface area contributed by atoms with Gasteiger partial charge in [0.25, 0.3) is 0 Å². The lowest BCUT2D eigenvalue weighted by Gasteiger charge is -2.05. The topological polar surface area (TPSA) is 50.4 Å². The molecule has 0 unspecified atom stereocenters. The van der Waals surface area contributed by atoms with Crippen LogP contribution in [0, 0.1) is 0 Å². The molecule has 0 spiro atoms. The van der Waals surface area contributed by atoms with E-state index in [9.17, 15) is 4.79 Å². The van der Waals surface area contributed by atoms with Crippen LogP contribution in [-0.2, 0) is 22.5 Å². The number of thiophene rings is 1. The highest BCUT2D eigenvalue weighted by molar-refractivity contribution is 7.11. The second-order valence-electron chi connectivity index (χ2n) is 3.67. The predicted molar refractivity (Wildman–Crippen MR) is 70.3 cm³/mol. The van der Waals surface area contributed by atoms with Crippen LogP contribution in [0.15, 0.2) is 12.1 Å². The van der Waals surface area contributed by atoms with Crippen molar-refractivity contribution in [3.05, 3.63) is 21.9 Å². The summed E-state index contributed by atoms with van der Waals surface area (Å²) in [6.07, 6.45) is 1.05. The first-order valence-electron chi connectivity index (χ1n) is 5.80. The molecule has 0 radical (unpaired) electrons. The molecule has 2 N–H and O–H groups in total. The predicted octanol–water partition coefficient (Wildman–Crippen LogP) is 1.16. The minimum atomic E-state index is 0.0209. The molecule has 4 nitrogen and oxygen atoms in total. The average Bonchev–Trinajstić information content (AvgIpc) is 2.80. The SMILES string of the molecule is CCc1ccc(CNC(=O)CNCCOC)s1. The van der Waals surface area contributed by atoms with Crippen molar-refractivity contribution < 1.29 is 9.53 Å². The van der Waals surface area contributed by atoms with Gasteiger partial charge >= 0.3 is 0 Å². The Morgan fingerprint density at radius 1 is 1.41 bits per heavy atom. The average molecular weight is 256 g/mol. The molecule has 96 valence electrons. The lowest BCUT2D eigenvalue weighted by Crippen LogP contribution is -2.34. The maximum absolute atomic E-state index is 11.4. The molecule has 0 aliphatic rings. The molecule has 1 aromatic rings. The van der Waals surface area contributed by atoms with Gasteiger partial charge in [0.15, 0.2) is 0 Å². The van der Waals surface area contributed by atoms with Gasteiger partial charge in [-0.05, 0) is 18.6 Å². The molecular formula is C12H20N2O2S. The summed E-state index contributed by atoms with van der Waals surface area (Å²) in [5.74, 6) is 0.0209. The van der Waals surface area contributed by atoms with Gasteiger partial charge in [-0.1, -0.05) is 6.92 Å². The molecule has 0 aromatic carbocycles. The van der Waals surface area contributed by atoms with Gasteiger partial charge in [0.1, 0.15) is 0 Å². The van der Waals surface area contributed by atoms with Crippen molar-refractivity contribution in [2.45, 2.75) is 19.9 Å². The number of hydrogen-bond donors (Lipinski definition) is 2. The number of rotatable bonds is 8. The standard InChI is InChI=1S/C12H20N2O2S/c1-3-10-4-5-11(17-10)8-14-12(15)9-13-6-7-16-2/h4-5,13H,3,6-9H2,1-2H3,(H,14,15). The summed E-state index contributed by atoms with van der Waals surface area (Å²) >= 11 is 1.75. The van der Waals surface area contributed by atoms with Gasteiger partial charge in [-0.2, -0.15) is 0 Å². The molecule has 0 saturated heterocycles. The first-order valence-corrected chi connectivity index (χ1v) is 6.61. The van der Waals surface area contributed by atoms with Gasteiger partial charge in [0, 0.05) is 23.4 Å². The molecule has 0 bridgehead atoms. The summed E-state index contributed by atoms with van der Waals surface area (Å²) in [7, 11) is 1.64. The molecule has 1 heterocycles. The van der Waals surface area contributed by atoms with Gasteiger partial charge in [-0.25, -0.2) is 0 Å². The quantitative estimate of drug-likeness (QED) is 0.686. The van der Waals surface area contributed by atoms with E-state index in [1.165, 1.54) is 9.75 Å². The first kappa shape index (κ1) is 14.2. The highest BCUT2D eigenvalue weighted by Gasteiger charge is 2.02. The molecule has 0 aliphatic heterocycles. The van der Waals surface area contributed by atoms with Crippen LogP contribution in [0.2, 0.25) is 0 Å². The second-order valence-corrected chi connectivity index (χ2v) is 4.92. The molecule has 0 atom stereocenters. The van der Waals surface area contributed by atoms with E-state index in [0.29, 0.717) is 26.2 Å². The summed E-state index contributed by atoms with van der Waals surface area (Å²) in [6, 6.07) is 4.19. The van der Waals surface area contributed by atoms with E-state index >= 15 is 0 Å². The van der Waals surface area contributed by atoms with Crippen molar-refractivity contribution in [3.8, 4) is 0 Å². The summed E-state index contributed by atoms with van der Waals surface area (Å²) in [5, 5.41) is 5.89. The summed E-state index contributed by atoms with van der Waals surface area (Å²) in [4.78, 5) is 14.0. The van der Waals surface area contributed by atoms with E-state index in [1.807, 2.05) is 0 Å². The zero-order chi connectivity index (χ0) is 12.5. The van der Waals surface area contributed by atoms with Crippen LogP contribution in [-0.4, -0.2) is 32.7 Å². The minimum absolute atomic E-state index is 0.0209. The van der Waals surface area contributed by atoms with Crippen molar-refractivity contribution in [2.75, 3.05) is 26.8 Å². The van der Waals surface area contributed by atoms with Crippen LogP contribution in [0.1, 0.15) is 16.7 Å². The van der Waals surface area contributed by atoms with Gasteiger partial charge in [0.2, 0.25) is 5.91 Å². The highest BCUT2D eigenvalue weighted by Crippen LogP contribution is 2.16. The second kappa shape index (κ2) is 8.22. The molecule has 0 aliphatic carbocycles. The normalized spacial score (nSPS) is 10.5. The van der Waals surface area contributed by atoms with E-state index in [4.69, 9.17) is 4.74 Å². The van der Waals surface area contributed by atoms with Crippen molar-refractivity contribution in [2.24, 2.45) is 0 Å². The Hall–Kier alpha value is -0.910. The van der Waals surface area contributed by atoms with Crippen LogP contribution in [0.25, 0.3) is 0 Å². The zero-order valence-electron chi connectivity index (χ0n) is 10.4. The largest absolute Gasteiger partial charge is 0.383 e. The van der Waals surface area contributed by atoms with Gasteiger partial charge in [-0.3, -0.25) is 4.79 Å².